The molecule has 3 rings (SSSR count). The first-order chi connectivity index (χ1) is 12.7. The maximum atomic E-state index is 12.3. The molecule has 0 aliphatic rings. The highest BCUT2D eigenvalue weighted by Gasteiger charge is 2.24. The molecule has 2 N–H and O–H groups in total. The number of fused-ring (bicyclic) bond motifs is 1. The summed E-state index contributed by atoms with van der Waals surface area (Å²) in [6.45, 7) is 1.95. The lowest BCUT2D eigenvalue weighted by atomic mass is 9.95. The van der Waals surface area contributed by atoms with Gasteiger partial charge in [-0.15, -0.1) is 0 Å². The molecular weight excluding hydrogens is 328 g/mol. The molecule has 134 valence electrons. The fraction of sp³-hybridized carbons (Fsp3) is 0.238. The number of benzene rings is 2. The van der Waals surface area contributed by atoms with Gasteiger partial charge in [0.2, 0.25) is 5.91 Å². The highest BCUT2D eigenvalue weighted by Crippen LogP contribution is 2.37. The molecule has 0 saturated heterocycles. The molecule has 0 aliphatic carbocycles. The third-order valence-corrected chi connectivity index (χ3v) is 4.32. The number of methoxy groups -OCH3 is 1. The Morgan fingerprint density at radius 1 is 1.15 bits per heavy atom. The van der Waals surface area contributed by atoms with E-state index in [-0.39, 0.29) is 11.7 Å². The lowest BCUT2D eigenvalue weighted by Gasteiger charge is -2.23. The highest BCUT2D eigenvalue weighted by atomic mass is 16.5. The molecule has 0 aliphatic heterocycles. The largest absolute Gasteiger partial charge is 0.505 e. The number of ether oxygens (including phenoxy) is 1. The van der Waals surface area contributed by atoms with Crippen LogP contribution in [0.4, 0.5) is 0 Å². The van der Waals surface area contributed by atoms with Crippen LogP contribution in [0, 0.1) is 0 Å². The Labute approximate surface area is 152 Å². The first-order valence-corrected chi connectivity index (χ1v) is 8.64. The number of phenolic OH excluding ortho intramolecular Hbond substituents is 1. The first kappa shape index (κ1) is 17.7. The minimum absolute atomic E-state index is 0.0656. The standard InChI is InChI=1S/C21H22N2O3/c1-3-7-18(24)23-20(15-9-4-5-10-17(15)26-2)16-12-11-14-8-6-13-22-19(14)21(16)25/h4-6,8-13,20,25H,3,7H2,1-2H3,(H,23,24)/t20-/m1/s1. The average Bonchev–Trinajstić information content (AvgIpc) is 2.67. The summed E-state index contributed by atoms with van der Waals surface area (Å²) in [7, 11) is 1.59. The minimum Gasteiger partial charge on any atom is -0.505 e. The van der Waals surface area contributed by atoms with Gasteiger partial charge in [-0.05, 0) is 18.6 Å². The van der Waals surface area contributed by atoms with Crippen LogP contribution < -0.4 is 10.1 Å². The third-order valence-electron chi connectivity index (χ3n) is 4.32. The van der Waals surface area contributed by atoms with Crippen molar-refractivity contribution in [1.29, 1.82) is 0 Å². The molecule has 0 spiro atoms. The van der Waals surface area contributed by atoms with Gasteiger partial charge in [0.1, 0.15) is 17.0 Å². The third kappa shape index (κ3) is 3.47. The van der Waals surface area contributed by atoms with Crippen LogP contribution in [0.2, 0.25) is 0 Å². The lowest BCUT2D eigenvalue weighted by Crippen LogP contribution is -2.29. The van der Waals surface area contributed by atoms with Crippen molar-refractivity contribution < 1.29 is 14.6 Å². The van der Waals surface area contributed by atoms with Gasteiger partial charge in [-0.3, -0.25) is 9.78 Å². The van der Waals surface area contributed by atoms with Gasteiger partial charge in [0, 0.05) is 29.1 Å². The van der Waals surface area contributed by atoms with E-state index in [1.165, 1.54) is 0 Å². The second-order valence-electron chi connectivity index (χ2n) is 6.07. The molecule has 0 saturated carbocycles. The molecule has 1 atom stereocenters. The second kappa shape index (κ2) is 7.87. The number of phenols is 1. The summed E-state index contributed by atoms with van der Waals surface area (Å²) in [5.41, 5.74) is 1.88. The molecule has 1 aromatic heterocycles. The molecule has 5 heteroatoms. The van der Waals surface area contributed by atoms with E-state index < -0.39 is 6.04 Å². The van der Waals surface area contributed by atoms with E-state index in [1.54, 1.807) is 13.3 Å². The molecule has 0 radical (unpaired) electrons. The van der Waals surface area contributed by atoms with Gasteiger partial charge in [-0.2, -0.15) is 0 Å². The highest BCUT2D eigenvalue weighted by molar-refractivity contribution is 5.86. The van der Waals surface area contributed by atoms with Crippen LogP contribution in [0.15, 0.2) is 54.7 Å². The van der Waals surface area contributed by atoms with Crippen LogP contribution in [0.3, 0.4) is 0 Å². The van der Waals surface area contributed by atoms with Gasteiger partial charge in [-0.25, -0.2) is 0 Å². The molecule has 26 heavy (non-hydrogen) atoms. The van der Waals surface area contributed by atoms with E-state index in [9.17, 15) is 9.90 Å². The predicted molar refractivity (Wildman–Crippen MR) is 101 cm³/mol. The number of carbonyl (C=O) groups is 1. The van der Waals surface area contributed by atoms with Crippen LogP contribution in [0.25, 0.3) is 10.9 Å². The maximum absolute atomic E-state index is 12.3. The fourth-order valence-corrected chi connectivity index (χ4v) is 3.07. The smallest absolute Gasteiger partial charge is 0.220 e. The Hall–Kier alpha value is -3.08. The Morgan fingerprint density at radius 3 is 2.73 bits per heavy atom. The van der Waals surface area contributed by atoms with E-state index in [0.717, 1.165) is 17.4 Å². The Morgan fingerprint density at radius 2 is 1.96 bits per heavy atom. The Kier molecular flexibility index (Phi) is 5.37. The molecule has 3 aromatic rings. The van der Waals surface area contributed by atoms with Gasteiger partial charge in [0.05, 0.1) is 13.2 Å². The number of pyridine rings is 1. The average molecular weight is 350 g/mol. The maximum Gasteiger partial charge on any atom is 0.220 e. The molecule has 0 bridgehead atoms. The van der Waals surface area contributed by atoms with Crippen molar-refractivity contribution in [2.75, 3.05) is 7.11 Å². The zero-order valence-electron chi connectivity index (χ0n) is 14.9. The monoisotopic (exact) mass is 350 g/mol. The van der Waals surface area contributed by atoms with Gasteiger partial charge < -0.3 is 15.2 Å². The second-order valence-corrected chi connectivity index (χ2v) is 6.07. The summed E-state index contributed by atoms with van der Waals surface area (Å²) in [5, 5.41) is 14.7. The summed E-state index contributed by atoms with van der Waals surface area (Å²) in [6.07, 6.45) is 2.80. The number of hydrogen-bond acceptors (Lipinski definition) is 4. The quantitative estimate of drug-likeness (QED) is 0.706. The van der Waals surface area contributed by atoms with Crippen molar-refractivity contribution in [2.24, 2.45) is 0 Å². The normalized spacial score (nSPS) is 11.9. The first-order valence-electron chi connectivity index (χ1n) is 8.64. The molecule has 5 nitrogen and oxygen atoms in total. The van der Waals surface area contributed by atoms with E-state index in [0.29, 0.717) is 23.3 Å². The number of amides is 1. The molecule has 2 aromatic carbocycles. The van der Waals surface area contributed by atoms with E-state index in [4.69, 9.17) is 4.74 Å². The number of nitrogens with one attached hydrogen (secondary N) is 1. The van der Waals surface area contributed by atoms with Crippen molar-refractivity contribution in [3.05, 3.63) is 65.9 Å². The lowest BCUT2D eigenvalue weighted by molar-refractivity contribution is -0.121. The van der Waals surface area contributed by atoms with Crippen molar-refractivity contribution in [3.63, 3.8) is 0 Å². The topological polar surface area (TPSA) is 71.5 Å². The van der Waals surface area contributed by atoms with Crippen LogP contribution in [0.5, 0.6) is 11.5 Å². The van der Waals surface area contributed by atoms with Crippen LogP contribution in [0.1, 0.15) is 36.9 Å². The number of aromatic nitrogens is 1. The van der Waals surface area contributed by atoms with Gasteiger partial charge in [0.15, 0.2) is 0 Å². The van der Waals surface area contributed by atoms with E-state index in [2.05, 4.69) is 10.3 Å². The SMILES string of the molecule is CCCC(=O)N[C@H](c1ccccc1OC)c1ccc2cccnc2c1O. The van der Waals surface area contributed by atoms with Crippen molar-refractivity contribution >= 4 is 16.8 Å². The van der Waals surface area contributed by atoms with Gasteiger partial charge >= 0.3 is 0 Å². The number of para-hydroxylation sites is 1. The van der Waals surface area contributed by atoms with E-state index in [1.807, 2.05) is 55.5 Å². The molecule has 1 amide bonds. The van der Waals surface area contributed by atoms with Gasteiger partial charge in [-0.1, -0.05) is 43.3 Å². The zero-order chi connectivity index (χ0) is 18.5. The Bertz CT molecular complexity index is 924. The molecular formula is C21H22N2O3. The minimum atomic E-state index is -0.531. The summed E-state index contributed by atoms with van der Waals surface area (Å²) in [5.74, 6) is 0.634. The molecule has 1 heterocycles. The zero-order valence-corrected chi connectivity index (χ0v) is 14.9. The summed E-state index contributed by atoms with van der Waals surface area (Å²) in [4.78, 5) is 16.6. The van der Waals surface area contributed by atoms with Crippen molar-refractivity contribution in [2.45, 2.75) is 25.8 Å². The van der Waals surface area contributed by atoms with E-state index >= 15 is 0 Å². The fourth-order valence-electron chi connectivity index (χ4n) is 3.07. The van der Waals surface area contributed by atoms with Gasteiger partial charge in [0.25, 0.3) is 0 Å². The molecule has 0 fully saturated rings. The summed E-state index contributed by atoms with van der Waals surface area (Å²) < 4.78 is 5.47. The Balaban J connectivity index is 2.14. The van der Waals surface area contributed by atoms with Crippen molar-refractivity contribution in [3.8, 4) is 11.5 Å². The number of nitrogens with zero attached hydrogens (tertiary/aromatic N) is 1. The number of carbonyl (C=O) groups excluding carboxylic acids is 1. The van der Waals surface area contributed by atoms with Crippen LogP contribution in [-0.2, 0) is 4.79 Å². The predicted octanol–water partition coefficient (Wildman–Crippen LogP) is 3.95. The number of rotatable bonds is 6. The van der Waals surface area contributed by atoms with Crippen LogP contribution in [-0.4, -0.2) is 23.1 Å². The number of aromatic hydroxyl groups is 1. The summed E-state index contributed by atoms with van der Waals surface area (Å²) >= 11 is 0. The van der Waals surface area contributed by atoms with Crippen molar-refractivity contribution in [1.82, 2.24) is 10.3 Å². The number of hydrogen-bond donors (Lipinski definition) is 2. The molecule has 0 unspecified atom stereocenters. The summed E-state index contributed by atoms with van der Waals surface area (Å²) in [6, 6.07) is 14.4. The van der Waals surface area contributed by atoms with Crippen LogP contribution >= 0.6 is 0 Å².